The van der Waals surface area contributed by atoms with Crippen LogP contribution in [0.2, 0.25) is 18.1 Å². The molecule has 1 aliphatic heterocycles. The van der Waals surface area contributed by atoms with E-state index in [1.54, 1.807) is 18.2 Å². The Bertz CT molecular complexity index is 775. The molecule has 3 atom stereocenters. The van der Waals surface area contributed by atoms with Gasteiger partial charge in [-0.1, -0.05) is 49.4 Å². The molecule has 1 aliphatic rings. The highest BCUT2D eigenvalue weighted by molar-refractivity contribution is 9.11. The van der Waals surface area contributed by atoms with Crippen molar-refractivity contribution in [2.24, 2.45) is 0 Å². The van der Waals surface area contributed by atoms with Gasteiger partial charge in [-0.15, -0.1) is 0 Å². The molecule has 0 N–H and O–H groups in total. The maximum Gasteiger partial charge on any atom is 0.269 e. The van der Waals surface area contributed by atoms with E-state index in [-0.39, 0.29) is 22.9 Å². The molecule has 0 amide bonds. The van der Waals surface area contributed by atoms with E-state index in [1.807, 2.05) is 6.08 Å². The lowest BCUT2D eigenvalue weighted by atomic mass is 10.1. The van der Waals surface area contributed by atoms with E-state index >= 15 is 0 Å². The summed E-state index contributed by atoms with van der Waals surface area (Å²) < 4.78 is 24.9. The monoisotopic (exact) mass is 499 g/mol. The van der Waals surface area contributed by atoms with Crippen molar-refractivity contribution in [1.82, 2.24) is 0 Å². The Balaban J connectivity index is 2.08. The maximum absolute atomic E-state index is 10.8. The van der Waals surface area contributed by atoms with Crippen LogP contribution in [0.5, 0.6) is 5.75 Å². The molecule has 0 spiro atoms. The Morgan fingerprint density at radius 1 is 1.27 bits per heavy atom. The minimum atomic E-state index is -1.97. The van der Waals surface area contributed by atoms with Gasteiger partial charge in [-0.05, 0) is 36.3 Å². The van der Waals surface area contributed by atoms with E-state index in [9.17, 15) is 10.1 Å². The molecule has 0 aliphatic carbocycles. The Morgan fingerprint density at radius 3 is 2.43 bits per heavy atom. The summed E-state index contributed by atoms with van der Waals surface area (Å²) in [6.45, 7) is 15.5. The summed E-state index contributed by atoms with van der Waals surface area (Å²) in [5.41, 5.74) is 0.00608. The number of nitro benzene ring substituents is 1. The van der Waals surface area contributed by atoms with Crippen LogP contribution in [0.25, 0.3) is 0 Å². The summed E-state index contributed by atoms with van der Waals surface area (Å²) in [7, 11) is -1.97. The van der Waals surface area contributed by atoms with Gasteiger partial charge in [0.25, 0.3) is 5.69 Å². The quantitative estimate of drug-likeness (QED) is 0.191. The second-order valence-corrected chi connectivity index (χ2v) is 14.6. The van der Waals surface area contributed by atoms with E-state index in [4.69, 9.17) is 18.6 Å². The molecule has 1 aromatic rings. The zero-order chi connectivity index (χ0) is 22.5. The second kappa shape index (κ2) is 10.2. The summed E-state index contributed by atoms with van der Waals surface area (Å²) >= 11 is 3.31. The van der Waals surface area contributed by atoms with Crippen molar-refractivity contribution in [3.63, 3.8) is 0 Å². The van der Waals surface area contributed by atoms with Gasteiger partial charge in [0.15, 0.2) is 8.32 Å². The highest BCUT2D eigenvalue weighted by Crippen LogP contribution is 2.37. The van der Waals surface area contributed by atoms with Gasteiger partial charge in [-0.2, -0.15) is 0 Å². The molecule has 30 heavy (non-hydrogen) atoms. The SMILES string of the molecule is C=C(Br)CO[C@H]1C=C[C@@H](Oc2ccc([N+](=O)[O-])cc2)O[C@@H]1CO[Si](C)(C)C(C)(C)C. The lowest BCUT2D eigenvalue weighted by Gasteiger charge is -2.39. The highest BCUT2D eigenvalue weighted by atomic mass is 79.9. The van der Waals surface area contributed by atoms with Gasteiger partial charge in [0.05, 0.1) is 18.1 Å². The first-order valence-electron chi connectivity index (χ1n) is 9.73. The molecular weight excluding hydrogens is 470 g/mol. The first kappa shape index (κ1) is 24.7. The lowest BCUT2D eigenvalue weighted by molar-refractivity contribution is -0.384. The number of benzene rings is 1. The van der Waals surface area contributed by atoms with E-state index in [0.29, 0.717) is 19.0 Å². The minimum Gasteiger partial charge on any atom is -0.461 e. The van der Waals surface area contributed by atoms with Crippen LogP contribution in [0, 0.1) is 10.1 Å². The molecule has 0 fully saturated rings. The van der Waals surface area contributed by atoms with Gasteiger partial charge >= 0.3 is 0 Å². The molecule has 1 heterocycles. The van der Waals surface area contributed by atoms with Crippen LogP contribution in [0.15, 0.2) is 47.5 Å². The standard InChI is InChI=1S/C21H30BrNO6Si/c1-15(22)13-26-18-11-12-20(28-17-9-7-16(8-10-17)23(24)25)29-19(18)14-27-30(5,6)21(2,3)4/h7-12,18-20H,1,13-14H2,2-6H3/t18-,19+,20-/m0/s1. The molecule has 1 aromatic carbocycles. The van der Waals surface area contributed by atoms with E-state index < -0.39 is 19.5 Å². The fourth-order valence-corrected chi connectivity index (χ4v) is 3.60. The molecule has 2 rings (SSSR count). The van der Waals surface area contributed by atoms with Gasteiger partial charge in [-0.25, -0.2) is 0 Å². The second-order valence-electron chi connectivity index (χ2n) is 8.66. The van der Waals surface area contributed by atoms with Gasteiger partial charge in [0, 0.05) is 16.6 Å². The summed E-state index contributed by atoms with van der Waals surface area (Å²) in [5, 5.41) is 10.9. The molecular formula is C21H30BrNO6Si. The maximum atomic E-state index is 10.8. The van der Waals surface area contributed by atoms with Gasteiger partial charge in [0.2, 0.25) is 6.29 Å². The van der Waals surface area contributed by atoms with Crippen LogP contribution in [0.1, 0.15) is 20.8 Å². The fraction of sp³-hybridized carbons (Fsp3) is 0.524. The van der Waals surface area contributed by atoms with Crippen molar-refractivity contribution in [1.29, 1.82) is 0 Å². The molecule has 0 radical (unpaired) electrons. The van der Waals surface area contributed by atoms with Crippen molar-refractivity contribution in [3.05, 3.63) is 57.6 Å². The van der Waals surface area contributed by atoms with Crippen molar-refractivity contribution < 1.29 is 23.6 Å². The number of ether oxygens (including phenoxy) is 3. The third kappa shape index (κ3) is 7.02. The summed E-state index contributed by atoms with van der Waals surface area (Å²) in [6, 6.07) is 5.89. The summed E-state index contributed by atoms with van der Waals surface area (Å²) in [4.78, 5) is 10.4. The molecule has 0 unspecified atom stereocenters. The fourth-order valence-electron chi connectivity index (χ4n) is 2.46. The molecule has 9 heteroatoms. The lowest BCUT2D eigenvalue weighted by Crippen LogP contribution is -2.47. The van der Waals surface area contributed by atoms with Crippen LogP contribution >= 0.6 is 15.9 Å². The first-order valence-corrected chi connectivity index (χ1v) is 13.4. The number of hydrogen-bond donors (Lipinski definition) is 0. The van der Waals surface area contributed by atoms with Crippen LogP contribution < -0.4 is 4.74 Å². The van der Waals surface area contributed by atoms with E-state index in [1.165, 1.54) is 12.1 Å². The van der Waals surface area contributed by atoms with E-state index in [0.717, 1.165) is 4.48 Å². The van der Waals surface area contributed by atoms with Crippen molar-refractivity contribution in [2.45, 2.75) is 57.4 Å². The van der Waals surface area contributed by atoms with Gasteiger partial charge in [-0.3, -0.25) is 10.1 Å². The van der Waals surface area contributed by atoms with E-state index in [2.05, 4.69) is 56.4 Å². The zero-order valence-electron chi connectivity index (χ0n) is 18.1. The van der Waals surface area contributed by atoms with Gasteiger partial charge < -0.3 is 18.6 Å². The third-order valence-electron chi connectivity index (χ3n) is 5.28. The number of hydrogen-bond acceptors (Lipinski definition) is 6. The van der Waals surface area contributed by atoms with Crippen LogP contribution in [-0.4, -0.2) is 45.0 Å². The predicted octanol–water partition coefficient (Wildman–Crippen LogP) is 5.57. The number of non-ortho nitro benzene ring substituents is 1. The van der Waals surface area contributed by atoms with Crippen molar-refractivity contribution in [2.75, 3.05) is 13.2 Å². The Morgan fingerprint density at radius 2 is 1.90 bits per heavy atom. The Labute approximate surface area is 187 Å². The normalized spacial score (nSPS) is 22.0. The average molecular weight is 500 g/mol. The molecule has 0 saturated carbocycles. The van der Waals surface area contributed by atoms with Crippen molar-refractivity contribution >= 4 is 29.9 Å². The average Bonchev–Trinajstić information content (AvgIpc) is 2.65. The van der Waals surface area contributed by atoms with Gasteiger partial charge in [0.1, 0.15) is 18.0 Å². The predicted molar refractivity (Wildman–Crippen MR) is 122 cm³/mol. The van der Waals surface area contributed by atoms with Crippen molar-refractivity contribution in [3.8, 4) is 5.75 Å². The van der Waals surface area contributed by atoms with Crippen LogP contribution in [0.4, 0.5) is 5.69 Å². The smallest absolute Gasteiger partial charge is 0.269 e. The number of nitrogens with zero attached hydrogens (tertiary/aromatic N) is 1. The number of halogens is 1. The largest absolute Gasteiger partial charge is 0.461 e. The summed E-state index contributed by atoms with van der Waals surface area (Å²) in [5.74, 6) is 0.479. The molecule has 0 saturated heterocycles. The number of rotatable bonds is 9. The molecule has 0 bridgehead atoms. The number of nitro groups is 1. The Hall–Kier alpha value is -1.52. The molecule has 0 aromatic heterocycles. The zero-order valence-corrected chi connectivity index (χ0v) is 20.7. The topological polar surface area (TPSA) is 80.1 Å². The highest BCUT2D eigenvalue weighted by Gasteiger charge is 2.39. The van der Waals surface area contributed by atoms with Crippen LogP contribution in [-0.2, 0) is 13.9 Å². The third-order valence-corrected chi connectivity index (χ3v) is 10.0. The van der Waals surface area contributed by atoms with Crippen LogP contribution in [0.3, 0.4) is 0 Å². The molecule has 166 valence electrons. The molecule has 7 nitrogen and oxygen atoms in total. The minimum absolute atomic E-state index is 0.00608. The Kier molecular flexibility index (Phi) is 8.40. The first-order chi connectivity index (χ1) is 13.9. The summed E-state index contributed by atoms with van der Waals surface area (Å²) in [6.07, 6.45) is 2.35.